The van der Waals surface area contributed by atoms with Crippen LogP contribution in [0.1, 0.15) is 24.4 Å². The van der Waals surface area contributed by atoms with E-state index in [0.29, 0.717) is 30.5 Å². The lowest BCUT2D eigenvalue weighted by Gasteiger charge is -2.34. The Bertz CT molecular complexity index is 1420. The lowest BCUT2D eigenvalue weighted by Crippen LogP contribution is -2.37. The summed E-state index contributed by atoms with van der Waals surface area (Å²) in [5.74, 6) is 2.59. The maximum atomic E-state index is 12.8. The van der Waals surface area contributed by atoms with Crippen LogP contribution in [0.25, 0.3) is 21.9 Å². The molecule has 0 unspecified atom stereocenters. The Balaban J connectivity index is 1.48. The summed E-state index contributed by atoms with van der Waals surface area (Å²) >= 11 is 0. The number of anilines is 2. The maximum absolute atomic E-state index is 12.8. The van der Waals surface area contributed by atoms with E-state index >= 15 is 0 Å². The first-order chi connectivity index (χ1) is 17.0. The van der Waals surface area contributed by atoms with Crippen molar-refractivity contribution < 1.29 is 9.47 Å². The van der Waals surface area contributed by atoms with Gasteiger partial charge in [-0.25, -0.2) is 9.78 Å². The van der Waals surface area contributed by atoms with E-state index in [-0.39, 0.29) is 11.7 Å². The lowest BCUT2D eigenvalue weighted by atomic mass is 10.0. The second-order valence-corrected chi connectivity index (χ2v) is 8.85. The van der Waals surface area contributed by atoms with Gasteiger partial charge in [-0.1, -0.05) is 6.07 Å². The average Bonchev–Trinajstić information content (AvgIpc) is 3.20. The minimum Gasteiger partial charge on any atom is -0.493 e. The first-order valence-corrected chi connectivity index (χ1v) is 11.9. The van der Waals surface area contributed by atoms with Crippen LogP contribution in [0.15, 0.2) is 35.1 Å². The van der Waals surface area contributed by atoms with Gasteiger partial charge in [0.2, 0.25) is 5.95 Å². The summed E-state index contributed by atoms with van der Waals surface area (Å²) < 4.78 is 12.9. The third-order valence-corrected chi connectivity index (χ3v) is 6.61. The van der Waals surface area contributed by atoms with Crippen LogP contribution in [-0.2, 0) is 0 Å². The Labute approximate surface area is 203 Å². The van der Waals surface area contributed by atoms with Gasteiger partial charge in [0.05, 0.1) is 30.8 Å². The van der Waals surface area contributed by atoms with Gasteiger partial charge < -0.3 is 30.4 Å². The van der Waals surface area contributed by atoms with Gasteiger partial charge in [0, 0.05) is 43.7 Å². The molecule has 4 aromatic rings. The number of piperidine rings is 1. The molecule has 0 amide bonds. The Hall–Kier alpha value is -3.79. The molecule has 0 saturated carbocycles. The number of ether oxygens (including phenoxy) is 2. The summed E-state index contributed by atoms with van der Waals surface area (Å²) in [5, 5.41) is 4.09. The Morgan fingerprint density at radius 2 is 1.86 bits per heavy atom. The van der Waals surface area contributed by atoms with E-state index in [4.69, 9.17) is 20.2 Å². The fraction of sp³-hybridized carbons (Fsp3) is 0.400. The number of fused-ring (bicyclic) bond motifs is 2. The molecule has 184 valence electrons. The zero-order valence-electron chi connectivity index (χ0n) is 20.3. The van der Waals surface area contributed by atoms with Crippen molar-refractivity contribution in [1.82, 2.24) is 19.5 Å². The number of methoxy groups -OCH3 is 2. The van der Waals surface area contributed by atoms with Crippen LogP contribution < -0.4 is 31.1 Å². The van der Waals surface area contributed by atoms with E-state index < -0.39 is 0 Å². The molecular formula is C25H31N7O3. The number of H-pyrrole nitrogens is 1. The average molecular weight is 478 g/mol. The monoisotopic (exact) mass is 477 g/mol. The second-order valence-electron chi connectivity index (χ2n) is 8.85. The highest BCUT2D eigenvalue weighted by Crippen LogP contribution is 2.37. The van der Waals surface area contributed by atoms with Gasteiger partial charge in [-0.2, -0.15) is 4.98 Å². The highest BCUT2D eigenvalue weighted by molar-refractivity contribution is 5.93. The molecule has 0 bridgehead atoms. The van der Waals surface area contributed by atoms with Crippen LogP contribution >= 0.6 is 0 Å². The summed E-state index contributed by atoms with van der Waals surface area (Å²) in [7, 11) is 3.23. The number of imidazole rings is 1. The van der Waals surface area contributed by atoms with Gasteiger partial charge in [-0.3, -0.25) is 4.57 Å². The topological polar surface area (TPSA) is 123 Å². The second kappa shape index (κ2) is 9.46. The van der Waals surface area contributed by atoms with Gasteiger partial charge in [0.15, 0.2) is 11.5 Å². The van der Waals surface area contributed by atoms with E-state index in [1.807, 2.05) is 41.8 Å². The third-order valence-electron chi connectivity index (χ3n) is 6.61. The first-order valence-electron chi connectivity index (χ1n) is 11.9. The molecule has 0 spiro atoms. The fourth-order valence-corrected chi connectivity index (χ4v) is 4.89. The number of nitrogens with one attached hydrogen (secondary N) is 2. The van der Waals surface area contributed by atoms with Crippen LogP contribution in [0.5, 0.6) is 11.5 Å². The number of aryl methyl sites for hydroxylation is 1. The quantitative estimate of drug-likeness (QED) is 0.371. The van der Waals surface area contributed by atoms with Crippen molar-refractivity contribution in [2.75, 3.05) is 50.6 Å². The van der Waals surface area contributed by atoms with Gasteiger partial charge in [-0.05, 0) is 43.5 Å². The largest absolute Gasteiger partial charge is 0.493 e. The van der Waals surface area contributed by atoms with Crippen LogP contribution in [0.3, 0.4) is 0 Å². The minimum absolute atomic E-state index is 0.0540. The van der Waals surface area contributed by atoms with Gasteiger partial charge in [0.1, 0.15) is 5.82 Å². The molecule has 2 aromatic heterocycles. The van der Waals surface area contributed by atoms with Crippen LogP contribution in [0.2, 0.25) is 0 Å². The van der Waals surface area contributed by atoms with Crippen molar-refractivity contribution in [3.63, 3.8) is 0 Å². The van der Waals surface area contributed by atoms with E-state index in [0.717, 1.165) is 59.2 Å². The number of aromatic nitrogens is 4. The Morgan fingerprint density at radius 1 is 1.11 bits per heavy atom. The number of aromatic amines is 1. The molecule has 35 heavy (non-hydrogen) atoms. The number of benzene rings is 2. The summed E-state index contributed by atoms with van der Waals surface area (Å²) in [6.07, 6.45) is 1.65. The Morgan fingerprint density at radius 3 is 2.57 bits per heavy atom. The highest BCUT2D eigenvalue weighted by atomic mass is 16.5. The third kappa shape index (κ3) is 4.25. The van der Waals surface area contributed by atoms with E-state index in [2.05, 4.69) is 20.2 Å². The molecule has 10 heteroatoms. The zero-order chi connectivity index (χ0) is 24.5. The van der Waals surface area contributed by atoms with Crippen LogP contribution in [0.4, 0.5) is 11.8 Å². The van der Waals surface area contributed by atoms with Crippen molar-refractivity contribution in [3.05, 3.63) is 46.4 Å². The fourth-order valence-electron chi connectivity index (χ4n) is 4.89. The van der Waals surface area contributed by atoms with Crippen molar-refractivity contribution in [3.8, 4) is 11.5 Å². The summed E-state index contributed by atoms with van der Waals surface area (Å²) in [6, 6.07) is 10.0. The summed E-state index contributed by atoms with van der Waals surface area (Å²) in [4.78, 5) is 27.6. The van der Waals surface area contributed by atoms with E-state index in [1.165, 1.54) is 0 Å². The van der Waals surface area contributed by atoms with Gasteiger partial charge in [-0.15, -0.1) is 0 Å². The Kier molecular flexibility index (Phi) is 6.21. The predicted octanol–water partition coefficient (Wildman–Crippen LogP) is 2.81. The SMILES string of the molecule is COc1cc2nc(NCCN)nc(N3CCC(n4c(=O)[nH]c5cc(C)ccc54)CC3)c2cc1OC. The molecule has 0 aliphatic carbocycles. The van der Waals surface area contributed by atoms with Crippen LogP contribution in [-0.4, -0.2) is 59.9 Å². The summed E-state index contributed by atoms with van der Waals surface area (Å²) in [5.41, 5.74) is 9.35. The number of hydrogen-bond donors (Lipinski definition) is 3. The molecule has 0 radical (unpaired) electrons. The van der Waals surface area contributed by atoms with Crippen molar-refractivity contribution in [2.24, 2.45) is 5.73 Å². The molecular weight excluding hydrogens is 446 g/mol. The molecule has 1 fully saturated rings. The number of rotatable bonds is 7. The van der Waals surface area contributed by atoms with E-state index in [1.54, 1.807) is 14.2 Å². The van der Waals surface area contributed by atoms with Crippen molar-refractivity contribution in [2.45, 2.75) is 25.8 Å². The molecule has 1 saturated heterocycles. The lowest BCUT2D eigenvalue weighted by molar-refractivity contribution is 0.355. The molecule has 1 aliphatic rings. The molecule has 10 nitrogen and oxygen atoms in total. The standard InChI is InChI=1S/C25H31N7O3/c1-15-4-5-20-19(12-15)29-25(33)32(20)16-6-10-31(11-7-16)23-17-13-21(34-2)22(35-3)14-18(17)28-24(30-23)27-9-8-26/h4-5,12-14,16H,6-11,26H2,1-3H3,(H,29,33)(H,27,28,30). The molecule has 0 atom stereocenters. The number of hydrogen-bond acceptors (Lipinski definition) is 8. The minimum atomic E-state index is -0.0540. The predicted molar refractivity (Wildman–Crippen MR) is 138 cm³/mol. The molecule has 2 aromatic carbocycles. The molecule has 5 rings (SSSR count). The first kappa shape index (κ1) is 23.0. The van der Waals surface area contributed by atoms with Gasteiger partial charge >= 0.3 is 5.69 Å². The number of nitrogens with two attached hydrogens (primary N) is 1. The summed E-state index contributed by atoms with van der Waals surface area (Å²) in [6.45, 7) is 4.59. The molecule has 1 aliphatic heterocycles. The van der Waals surface area contributed by atoms with Crippen LogP contribution in [0, 0.1) is 6.92 Å². The van der Waals surface area contributed by atoms with Crippen molar-refractivity contribution in [1.29, 1.82) is 0 Å². The number of nitrogens with zero attached hydrogens (tertiary/aromatic N) is 4. The zero-order valence-corrected chi connectivity index (χ0v) is 20.3. The van der Waals surface area contributed by atoms with Crippen molar-refractivity contribution >= 4 is 33.7 Å². The molecule has 4 N–H and O–H groups in total. The maximum Gasteiger partial charge on any atom is 0.326 e. The normalized spacial score (nSPS) is 14.6. The highest BCUT2D eigenvalue weighted by Gasteiger charge is 2.26. The van der Waals surface area contributed by atoms with Gasteiger partial charge in [0.25, 0.3) is 0 Å². The van der Waals surface area contributed by atoms with E-state index in [9.17, 15) is 4.79 Å². The smallest absolute Gasteiger partial charge is 0.326 e. The molecule has 3 heterocycles.